The predicted octanol–water partition coefficient (Wildman–Crippen LogP) is 1.92. The summed E-state index contributed by atoms with van der Waals surface area (Å²) in [5, 5.41) is 11.6. The molecule has 2 atom stereocenters. The Kier molecular flexibility index (Phi) is 6.36. The van der Waals surface area contributed by atoms with E-state index in [9.17, 15) is 9.59 Å². The minimum atomic E-state index is -1.35. The van der Waals surface area contributed by atoms with Gasteiger partial charge in [-0.3, -0.25) is 9.59 Å². The van der Waals surface area contributed by atoms with E-state index >= 15 is 0 Å². The lowest BCUT2D eigenvalue weighted by Gasteiger charge is -2.15. The van der Waals surface area contributed by atoms with E-state index in [1.165, 1.54) is 7.11 Å². The third kappa shape index (κ3) is 4.44. The second kappa shape index (κ2) is 7.78. The van der Waals surface area contributed by atoms with Crippen molar-refractivity contribution in [2.75, 3.05) is 13.7 Å². The molecule has 20 heavy (non-hydrogen) atoms. The van der Waals surface area contributed by atoms with Gasteiger partial charge in [-0.25, -0.2) is 0 Å². The van der Waals surface area contributed by atoms with Crippen LogP contribution in [0.1, 0.15) is 17.3 Å². The summed E-state index contributed by atoms with van der Waals surface area (Å²) in [6.07, 6.45) is 0. The van der Waals surface area contributed by atoms with Crippen molar-refractivity contribution in [2.45, 2.75) is 13.0 Å². The first kappa shape index (κ1) is 16.3. The fraction of sp³-hybridized carbons (Fsp3) is 0.357. The van der Waals surface area contributed by atoms with Crippen LogP contribution in [0, 0.1) is 17.2 Å². The fourth-order valence-electron chi connectivity index (χ4n) is 1.63. The molecule has 1 N–H and O–H groups in total. The topological polar surface area (TPSA) is 79.2 Å². The number of rotatable bonds is 6. The first-order valence-electron chi connectivity index (χ1n) is 5.98. The summed E-state index contributed by atoms with van der Waals surface area (Å²) >= 11 is 3.26. The zero-order chi connectivity index (χ0) is 15.1. The molecule has 0 aliphatic carbocycles. The second-order valence-corrected chi connectivity index (χ2v) is 5.21. The zero-order valence-electron chi connectivity index (χ0n) is 11.2. The van der Waals surface area contributed by atoms with Crippen LogP contribution in [-0.4, -0.2) is 31.4 Å². The Morgan fingerprint density at radius 2 is 2.00 bits per heavy atom. The third-order valence-electron chi connectivity index (χ3n) is 2.59. The number of hydrogen-bond donors (Lipinski definition) is 1. The van der Waals surface area contributed by atoms with Gasteiger partial charge in [0.25, 0.3) is 0 Å². The molecule has 0 fully saturated rings. The molecule has 0 bridgehead atoms. The number of nitriles is 1. The smallest absolute Gasteiger partial charge is 0.245 e. The summed E-state index contributed by atoms with van der Waals surface area (Å²) in [7, 11) is 1.51. The van der Waals surface area contributed by atoms with Crippen LogP contribution in [0.25, 0.3) is 0 Å². The maximum Gasteiger partial charge on any atom is 0.245 e. The zero-order valence-corrected chi connectivity index (χ0v) is 12.8. The Morgan fingerprint density at radius 3 is 2.50 bits per heavy atom. The van der Waals surface area contributed by atoms with Gasteiger partial charge in [0, 0.05) is 23.2 Å². The van der Waals surface area contributed by atoms with Crippen LogP contribution in [0.3, 0.4) is 0 Å². The van der Waals surface area contributed by atoms with E-state index in [0.717, 1.165) is 4.47 Å². The maximum atomic E-state index is 12.1. The lowest BCUT2D eigenvalue weighted by Crippen LogP contribution is -2.41. The number of ether oxygens (including phenoxy) is 1. The van der Waals surface area contributed by atoms with E-state index < -0.39 is 17.6 Å². The van der Waals surface area contributed by atoms with Crippen molar-refractivity contribution in [1.82, 2.24) is 5.32 Å². The van der Waals surface area contributed by atoms with Crippen LogP contribution in [0.5, 0.6) is 0 Å². The van der Waals surface area contributed by atoms with Gasteiger partial charge in [-0.15, -0.1) is 0 Å². The Morgan fingerprint density at radius 1 is 1.40 bits per heavy atom. The van der Waals surface area contributed by atoms with Gasteiger partial charge in [-0.1, -0.05) is 28.1 Å². The van der Waals surface area contributed by atoms with Crippen molar-refractivity contribution in [2.24, 2.45) is 5.92 Å². The summed E-state index contributed by atoms with van der Waals surface area (Å²) in [5.74, 6) is -2.47. The molecule has 0 radical (unpaired) electrons. The lowest BCUT2D eigenvalue weighted by atomic mass is 9.98. The molecular weight excluding hydrogens is 324 g/mol. The van der Waals surface area contributed by atoms with Crippen molar-refractivity contribution >= 4 is 27.6 Å². The molecule has 0 aliphatic rings. The molecule has 6 heteroatoms. The molecule has 0 saturated carbocycles. The summed E-state index contributed by atoms with van der Waals surface area (Å²) in [5.41, 5.74) is 0.328. The lowest BCUT2D eigenvalue weighted by molar-refractivity contribution is -0.123. The summed E-state index contributed by atoms with van der Waals surface area (Å²) in [6.45, 7) is 2.05. The van der Waals surface area contributed by atoms with Crippen molar-refractivity contribution < 1.29 is 14.3 Å². The van der Waals surface area contributed by atoms with Crippen molar-refractivity contribution in [1.29, 1.82) is 5.26 Å². The van der Waals surface area contributed by atoms with Gasteiger partial charge in [-0.2, -0.15) is 5.26 Å². The molecule has 0 saturated heterocycles. The quantitative estimate of drug-likeness (QED) is 0.634. The Balaban J connectivity index is 2.80. The number of hydrogen-bond acceptors (Lipinski definition) is 4. The van der Waals surface area contributed by atoms with Gasteiger partial charge >= 0.3 is 0 Å². The van der Waals surface area contributed by atoms with Crippen LogP contribution in [0.15, 0.2) is 28.7 Å². The number of ketones is 1. The van der Waals surface area contributed by atoms with Gasteiger partial charge in [0.05, 0.1) is 12.7 Å². The monoisotopic (exact) mass is 338 g/mol. The minimum Gasteiger partial charge on any atom is -0.383 e. The Bertz CT molecular complexity index is 522. The molecule has 1 rings (SSSR count). The number of carbonyl (C=O) groups is 2. The Labute approximate surface area is 126 Å². The highest BCUT2D eigenvalue weighted by Crippen LogP contribution is 2.14. The number of amides is 1. The van der Waals surface area contributed by atoms with Gasteiger partial charge in [0.15, 0.2) is 11.7 Å². The standard InChI is InChI=1S/C14H15BrN2O3/c1-9(8-20-2)17-14(19)12(7-16)13(18)10-3-5-11(15)6-4-10/h3-6,9,12H,8H2,1-2H3,(H,17,19)/t9-,12+/m1/s1. The SMILES string of the molecule is COC[C@@H](C)NC(=O)[C@@H](C#N)C(=O)c1ccc(Br)cc1. The van der Waals surface area contributed by atoms with Gasteiger partial charge in [0.1, 0.15) is 0 Å². The van der Waals surface area contributed by atoms with Crippen LogP contribution < -0.4 is 5.32 Å². The van der Waals surface area contributed by atoms with Crippen LogP contribution in [0.4, 0.5) is 0 Å². The normalized spacial score (nSPS) is 13.1. The summed E-state index contributed by atoms with van der Waals surface area (Å²) in [4.78, 5) is 24.1. The number of carbonyl (C=O) groups excluding carboxylic acids is 2. The number of nitrogens with zero attached hydrogens (tertiary/aromatic N) is 1. The molecule has 0 spiro atoms. The van der Waals surface area contributed by atoms with Gasteiger partial charge in [-0.05, 0) is 19.1 Å². The Hall–Kier alpha value is -1.71. The van der Waals surface area contributed by atoms with E-state index in [1.807, 2.05) is 0 Å². The molecule has 0 aromatic heterocycles. The highest BCUT2D eigenvalue weighted by molar-refractivity contribution is 9.10. The molecule has 5 nitrogen and oxygen atoms in total. The summed E-state index contributed by atoms with van der Waals surface area (Å²) in [6, 6.07) is 8.00. The van der Waals surface area contributed by atoms with Crippen molar-refractivity contribution in [3.63, 3.8) is 0 Å². The average Bonchev–Trinajstić information content (AvgIpc) is 2.40. The van der Waals surface area contributed by atoms with Crippen LogP contribution in [0.2, 0.25) is 0 Å². The number of nitrogens with one attached hydrogen (secondary N) is 1. The highest BCUT2D eigenvalue weighted by Gasteiger charge is 2.28. The van der Waals surface area contributed by atoms with Crippen LogP contribution >= 0.6 is 15.9 Å². The minimum absolute atomic E-state index is 0.263. The van der Waals surface area contributed by atoms with Crippen molar-refractivity contribution in [3.05, 3.63) is 34.3 Å². The average molecular weight is 339 g/mol. The molecule has 106 valence electrons. The number of methoxy groups -OCH3 is 1. The number of Topliss-reactive ketones (excluding diaryl/α,β-unsaturated/α-hetero) is 1. The third-order valence-corrected chi connectivity index (χ3v) is 3.12. The molecule has 1 amide bonds. The molecular formula is C14H15BrN2O3. The number of benzene rings is 1. The van der Waals surface area contributed by atoms with Gasteiger partial charge in [0.2, 0.25) is 5.91 Å². The first-order valence-corrected chi connectivity index (χ1v) is 6.77. The summed E-state index contributed by atoms with van der Waals surface area (Å²) < 4.78 is 5.71. The molecule has 0 aliphatic heterocycles. The molecule has 1 aromatic rings. The van der Waals surface area contributed by atoms with E-state index in [-0.39, 0.29) is 6.04 Å². The first-order chi connectivity index (χ1) is 9.49. The molecule has 0 heterocycles. The van der Waals surface area contributed by atoms with E-state index in [4.69, 9.17) is 10.00 Å². The van der Waals surface area contributed by atoms with Crippen molar-refractivity contribution in [3.8, 4) is 6.07 Å². The van der Waals surface area contributed by atoms with E-state index in [2.05, 4.69) is 21.2 Å². The maximum absolute atomic E-state index is 12.1. The second-order valence-electron chi connectivity index (χ2n) is 4.30. The molecule has 1 aromatic carbocycles. The highest BCUT2D eigenvalue weighted by atomic mass is 79.9. The largest absolute Gasteiger partial charge is 0.383 e. The van der Waals surface area contributed by atoms with E-state index in [0.29, 0.717) is 12.2 Å². The van der Waals surface area contributed by atoms with Crippen LogP contribution in [-0.2, 0) is 9.53 Å². The fourth-order valence-corrected chi connectivity index (χ4v) is 1.90. The predicted molar refractivity (Wildman–Crippen MR) is 77.1 cm³/mol. The number of halogens is 1. The van der Waals surface area contributed by atoms with E-state index in [1.54, 1.807) is 37.3 Å². The van der Waals surface area contributed by atoms with Gasteiger partial charge < -0.3 is 10.1 Å². The molecule has 0 unspecified atom stereocenters.